The first-order chi connectivity index (χ1) is 8.95. The van der Waals surface area contributed by atoms with Gasteiger partial charge in [0.05, 0.1) is 0 Å². The number of pyridine rings is 1. The second-order valence-electron chi connectivity index (χ2n) is 6.23. The zero-order chi connectivity index (χ0) is 14.3. The molecule has 1 aromatic heterocycles. The molecule has 0 fully saturated rings. The fourth-order valence-electron chi connectivity index (χ4n) is 2.25. The van der Waals surface area contributed by atoms with E-state index >= 15 is 0 Å². The maximum Gasteiger partial charge on any atom is 0.0312 e. The van der Waals surface area contributed by atoms with Crippen molar-refractivity contribution in [2.45, 2.75) is 46.7 Å². The molecular formula is C16H29N3. The maximum absolute atomic E-state index is 4.17. The molecule has 1 aromatic rings. The van der Waals surface area contributed by atoms with Crippen molar-refractivity contribution in [1.29, 1.82) is 0 Å². The number of nitrogens with one attached hydrogen (secondary N) is 1. The zero-order valence-corrected chi connectivity index (χ0v) is 13.1. The molecule has 1 rings (SSSR count). The molecule has 0 aliphatic rings. The lowest BCUT2D eigenvalue weighted by molar-refractivity contribution is 0.172. The molecule has 0 saturated carbocycles. The Morgan fingerprint density at radius 1 is 1.42 bits per heavy atom. The lowest BCUT2D eigenvalue weighted by Gasteiger charge is -2.34. The lowest BCUT2D eigenvalue weighted by Crippen LogP contribution is -2.42. The van der Waals surface area contributed by atoms with Gasteiger partial charge in [0.25, 0.3) is 0 Å². The van der Waals surface area contributed by atoms with Crippen LogP contribution in [0.3, 0.4) is 0 Å². The Morgan fingerprint density at radius 2 is 2.16 bits per heavy atom. The topological polar surface area (TPSA) is 28.2 Å². The average Bonchev–Trinajstić information content (AvgIpc) is 2.37. The molecular weight excluding hydrogens is 234 g/mol. The van der Waals surface area contributed by atoms with Gasteiger partial charge in [-0.25, -0.2) is 0 Å². The largest absolute Gasteiger partial charge is 0.314 e. The van der Waals surface area contributed by atoms with Crippen molar-refractivity contribution < 1.29 is 0 Å². The Bertz CT molecular complexity index is 350. The molecule has 108 valence electrons. The summed E-state index contributed by atoms with van der Waals surface area (Å²) < 4.78 is 0. The molecule has 1 N–H and O–H groups in total. The third-order valence-corrected chi connectivity index (χ3v) is 3.62. The molecule has 0 radical (unpaired) electrons. The minimum absolute atomic E-state index is 0.321. The van der Waals surface area contributed by atoms with Crippen molar-refractivity contribution >= 4 is 0 Å². The normalized spacial score (nSPS) is 14.9. The van der Waals surface area contributed by atoms with Gasteiger partial charge < -0.3 is 10.2 Å². The number of hydrogen-bond donors (Lipinski definition) is 1. The van der Waals surface area contributed by atoms with Gasteiger partial charge in [0, 0.05) is 38.1 Å². The van der Waals surface area contributed by atoms with Crippen LogP contribution in [0.1, 0.15) is 39.7 Å². The first-order valence-corrected chi connectivity index (χ1v) is 7.26. The SMILES string of the molecule is CCC(C)(CNC(C)C)CN(C)Cc1cccnc1. The fraction of sp³-hybridized carbons (Fsp3) is 0.688. The highest BCUT2D eigenvalue weighted by Gasteiger charge is 2.24. The smallest absolute Gasteiger partial charge is 0.0312 e. The van der Waals surface area contributed by atoms with Crippen molar-refractivity contribution in [3.8, 4) is 0 Å². The van der Waals surface area contributed by atoms with E-state index in [0.29, 0.717) is 11.5 Å². The highest BCUT2D eigenvalue weighted by Crippen LogP contribution is 2.22. The summed E-state index contributed by atoms with van der Waals surface area (Å²) in [6.07, 6.45) is 4.96. The predicted molar refractivity (Wildman–Crippen MR) is 82.1 cm³/mol. The van der Waals surface area contributed by atoms with Crippen LogP contribution in [-0.4, -0.2) is 36.1 Å². The van der Waals surface area contributed by atoms with Gasteiger partial charge in [0.1, 0.15) is 0 Å². The molecule has 0 aliphatic heterocycles. The van der Waals surface area contributed by atoms with Gasteiger partial charge in [0.15, 0.2) is 0 Å². The van der Waals surface area contributed by atoms with E-state index in [1.54, 1.807) is 0 Å². The average molecular weight is 263 g/mol. The second kappa shape index (κ2) is 7.61. The molecule has 1 heterocycles. The molecule has 3 heteroatoms. The monoisotopic (exact) mass is 263 g/mol. The summed E-state index contributed by atoms with van der Waals surface area (Å²) in [4.78, 5) is 6.57. The zero-order valence-electron chi connectivity index (χ0n) is 13.1. The standard InChI is InChI=1S/C16H29N3/c1-6-16(4,12-18-14(2)3)13-19(5)11-15-8-7-9-17-10-15/h7-10,14,18H,6,11-13H2,1-5H3. The van der Waals surface area contributed by atoms with E-state index in [4.69, 9.17) is 0 Å². The molecule has 1 unspecified atom stereocenters. The summed E-state index contributed by atoms with van der Waals surface area (Å²) in [5, 5.41) is 3.57. The van der Waals surface area contributed by atoms with Crippen LogP contribution in [0.2, 0.25) is 0 Å². The fourth-order valence-corrected chi connectivity index (χ4v) is 2.25. The van der Waals surface area contributed by atoms with Crippen molar-refractivity contribution in [1.82, 2.24) is 15.2 Å². The lowest BCUT2D eigenvalue weighted by atomic mass is 9.86. The van der Waals surface area contributed by atoms with Crippen molar-refractivity contribution in [3.05, 3.63) is 30.1 Å². The van der Waals surface area contributed by atoms with E-state index in [1.165, 1.54) is 12.0 Å². The van der Waals surface area contributed by atoms with E-state index in [0.717, 1.165) is 19.6 Å². The van der Waals surface area contributed by atoms with Crippen molar-refractivity contribution in [2.75, 3.05) is 20.1 Å². The van der Waals surface area contributed by atoms with E-state index in [1.807, 2.05) is 18.5 Å². The minimum atomic E-state index is 0.321. The molecule has 0 aliphatic carbocycles. The summed E-state index contributed by atoms with van der Waals surface area (Å²) in [5.41, 5.74) is 1.60. The summed E-state index contributed by atoms with van der Waals surface area (Å²) in [7, 11) is 2.19. The van der Waals surface area contributed by atoms with Crippen LogP contribution in [0.25, 0.3) is 0 Å². The van der Waals surface area contributed by atoms with Crippen LogP contribution in [0.5, 0.6) is 0 Å². The third-order valence-electron chi connectivity index (χ3n) is 3.62. The maximum atomic E-state index is 4.17. The van der Waals surface area contributed by atoms with E-state index < -0.39 is 0 Å². The number of aromatic nitrogens is 1. The van der Waals surface area contributed by atoms with Gasteiger partial charge in [0.2, 0.25) is 0 Å². The van der Waals surface area contributed by atoms with E-state index in [-0.39, 0.29) is 0 Å². The molecule has 0 amide bonds. The highest BCUT2D eigenvalue weighted by atomic mass is 15.1. The number of rotatable bonds is 8. The van der Waals surface area contributed by atoms with Gasteiger partial charge >= 0.3 is 0 Å². The summed E-state index contributed by atoms with van der Waals surface area (Å²) in [6, 6.07) is 4.69. The quantitative estimate of drug-likeness (QED) is 0.781. The Hall–Kier alpha value is -0.930. The van der Waals surface area contributed by atoms with Crippen molar-refractivity contribution in [2.24, 2.45) is 5.41 Å². The van der Waals surface area contributed by atoms with E-state index in [2.05, 4.69) is 56.0 Å². The summed E-state index contributed by atoms with van der Waals surface area (Å²) in [5.74, 6) is 0. The first-order valence-electron chi connectivity index (χ1n) is 7.26. The summed E-state index contributed by atoms with van der Waals surface area (Å²) >= 11 is 0. The Morgan fingerprint density at radius 3 is 2.68 bits per heavy atom. The van der Waals surface area contributed by atoms with Crippen LogP contribution in [0, 0.1) is 5.41 Å². The van der Waals surface area contributed by atoms with Gasteiger partial charge in [-0.05, 0) is 30.5 Å². The minimum Gasteiger partial charge on any atom is -0.314 e. The number of hydrogen-bond acceptors (Lipinski definition) is 3. The van der Waals surface area contributed by atoms with Crippen LogP contribution in [0.4, 0.5) is 0 Å². The third kappa shape index (κ3) is 6.17. The van der Waals surface area contributed by atoms with Gasteiger partial charge in [-0.1, -0.05) is 33.8 Å². The highest BCUT2D eigenvalue weighted by molar-refractivity contribution is 5.08. The van der Waals surface area contributed by atoms with Gasteiger partial charge in [-0.15, -0.1) is 0 Å². The Labute approximate surface area is 118 Å². The van der Waals surface area contributed by atoms with Crippen LogP contribution in [0.15, 0.2) is 24.5 Å². The molecule has 0 aromatic carbocycles. The predicted octanol–water partition coefficient (Wildman–Crippen LogP) is 2.93. The second-order valence-corrected chi connectivity index (χ2v) is 6.23. The van der Waals surface area contributed by atoms with Crippen LogP contribution in [-0.2, 0) is 6.54 Å². The molecule has 0 bridgehead atoms. The van der Waals surface area contributed by atoms with Crippen LogP contribution < -0.4 is 5.32 Å². The van der Waals surface area contributed by atoms with Gasteiger partial charge in [-0.3, -0.25) is 4.98 Å². The first kappa shape index (κ1) is 16.1. The number of nitrogens with zero attached hydrogens (tertiary/aromatic N) is 2. The molecule has 1 atom stereocenters. The Balaban J connectivity index is 2.50. The molecule has 19 heavy (non-hydrogen) atoms. The molecule has 3 nitrogen and oxygen atoms in total. The Kier molecular flexibility index (Phi) is 6.46. The van der Waals surface area contributed by atoms with Crippen molar-refractivity contribution in [3.63, 3.8) is 0 Å². The molecule has 0 saturated heterocycles. The van der Waals surface area contributed by atoms with Gasteiger partial charge in [-0.2, -0.15) is 0 Å². The summed E-state index contributed by atoms with van der Waals surface area (Å²) in [6.45, 7) is 12.2. The molecule has 0 spiro atoms. The van der Waals surface area contributed by atoms with Crippen LogP contribution >= 0.6 is 0 Å². The van der Waals surface area contributed by atoms with E-state index in [9.17, 15) is 0 Å².